The Bertz CT molecular complexity index is 341. The molecule has 0 aliphatic carbocycles. The minimum atomic E-state index is -0.889. The molecule has 4 heteroatoms. The highest BCUT2D eigenvalue weighted by molar-refractivity contribution is 5.71. The molecule has 0 aliphatic rings. The van der Waals surface area contributed by atoms with Gasteiger partial charge in [0.2, 0.25) is 0 Å². The third-order valence-corrected chi connectivity index (χ3v) is 4.81. The highest BCUT2D eigenvalue weighted by atomic mass is 16.5. The Hall–Kier alpha value is -1.06. The predicted molar refractivity (Wildman–Crippen MR) is 107 cm³/mol. The van der Waals surface area contributed by atoms with Crippen molar-refractivity contribution in [3.8, 4) is 0 Å². The van der Waals surface area contributed by atoms with Gasteiger partial charge in [0.25, 0.3) is 0 Å². The third kappa shape index (κ3) is 17.8. The van der Waals surface area contributed by atoms with Gasteiger partial charge in [-0.15, -0.1) is 0 Å². The van der Waals surface area contributed by atoms with Crippen LogP contribution in [0.2, 0.25) is 0 Å². The van der Waals surface area contributed by atoms with Gasteiger partial charge in [0.15, 0.2) is 0 Å². The molecule has 0 amide bonds. The Balaban J connectivity index is 3.76. The molecule has 1 atom stereocenters. The van der Waals surface area contributed by atoms with Crippen LogP contribution in [-0.2, 0) is 14.3 Å². The molecular weight excluding hydrogens is 328 g/mol. The Morgan fingerprint density at radius 3 is 1.69 bits per heavy atom. The van der Waals surface area contributed by atoms with Crippen molar-refractivity contribution in [2.45, 2.75) is 129 Å². The van der Waals surface area contributed by atoms with E-state index in [1.54, 1.807) is 0 Å². The van der Waals surface area contributed by atoms with Crippen LogP contribution in [0.3, 0.4) is 0 Å². The number of aliphatic carboxylic acids is 1. The fourth-order valence-electron chi connectivity index (χ4n) is 3.20. The van der Waals surface area contributed by atoms with E-state index in [0.717, 1.165) is 25.7 Å². The van der Waals surface area contributed by atoms with E-state index in [1.165, 1.54) is 64.2 Å². The summed E-state index contributed by atoms with van der Waals surface area (Å²) in [5.41, 5.74) is 0. The number of hydrogen-bond donors (Lipinski definition) is 1. The van der Waals surface area contributed by atoms with E-state index < -0.39 is 12.1 Å². The van der Waals surface area contributed by atoms with Gasteiger partial charge in [-0.3, -0.25) is 9.59 Å². The molecule has 0 aromatic carbocycles. The van der Waals surface area contributed by atoms with Gasteiger partial charge in [0.1, 0.15) is 6.10 Å². The quantitative estimate of drug-likeness (QED) is 0.204. The first-order valence-electron chi connectivity index (χ1n) is 11.0. The van der Waals surface area contributed by atoms with Crippen LogP contribution >= 0.6 is 0 Å². The molecule has 26 heavy (non-hydrogen) atoms. The molecule has 0 spiro atoms. The van der Waals surface area contributed by atoms with Crippen molar-refractivity contribution in [2.24, 2.45) is 0 Å². The average molecular weight is 371 g/mol. The number of unbranched alkanes of at least 4 members (excludes halogenated alkanes) is 12. The van der Waals surface area contributed by atoms with Gasteiger partial charge in [-0.25, -0.2) is 0 Å². The molecule has 0 aromatic rings. The summed E-state index contributed by atoms with van der Waals surface area (Å²) in [6, 6.07) is 0. The van der Waals surface area contributed by atoms with Crippen molar-refractivity contribution in [1.82, 2.24) is 0 Å². The standard InChI is InChI=1S/C22H42O4/c1-3-5-7-9-10-11-12-14-16-18-22(25)26-20(19-21(23)24)17-15-13-8-6-4-2/h20H,3-19H2,1-2H3,(H,23,24)/t20-/m1/s1. The van der Waals surface area contributed by atoms with Crippen LogP contribution in [0, 0.1) is 0 Å². The normalized spacial score (nSPS) is 12.1. The summed E-state index contributed by atoms with van der Waals surface area (Å²) < 4.78 is 5.42. The van der Waals surface area contributed by atoms with Gasteiger partial charge in [0.05, 0.1) is 6.42 Å². The van der Waals surface area contributed by atoms with E-state index in [1.807, 2.05) is 0 Å². The summed E-state index contributed by atoms with van der Waals surface area (Å²) in [6.07, 6.45) is 17.0. The molecule has 0 saturated heterocycles. The Labute approximate surface area is 161 Å². The van der Waals surface area contributed by atoms with E-state index in [-0.39, 0.29) is 12.4 Å². The zero-order valence-corrected chi connectivity index (χ0v) is 17.3. The van der Waals surface area contributed by atoms with Crippen LogP contribution in [0.1, 0.15) is 123 Å². The summed E-state index contributed by atoms with van der Waals surface area (Å²) in [4.78, 5) is 22.9. The number of carbonyl (C=O) groups is 2. The van der Waals surface area contributed by atoms with Crippen molar-refractivity contribution in [3.63, 3.8) is 0 Å². The minimum Gasteiger partial charge on any atom is -0.481 e. The molecule has 0 radical (unpaired) electrons. The predicted octanol–water partition coefficient (Wildman–Crippen LogP) is 6.65. The number of ether oxygens (including phenoxy) is 1. The molecular formula is C22H42O4. The molecule has 4 nitrogen and oxygen atoms in total. The summed E-state index contributed by atoms with van der Waals surface area (Å²) in [6.45, 7) is 4.40. The number of carboxylic acids is 1. The SMILES string of the molecule is CCCCCCCCCCCC(=O)O[C@H](CCCCCCC)CC(=O)O. The second kappa shape index (κ2) is 18.7. The molecule has 0 aromatic heterocycles. The third-order valence-electron chi connectivity index (χ3n) is 4.81. The van der Waals surface area contributed by atoms with Crippen molar-refractivity contribution in [1.29, 1.82) is 0 Å². The Morgan fingerprint density at radius 1 is 0.731 bits per heavy atom. The van der Waals surface area contributed by atoms with E-state index in [9.17, 15) is 9.59 Å². The smallest absolute Gasteiger partial charge is 0.307 e. The van der Waals surface area contributed by atoms with E-state index in [0.29, 0.717) is 12.8 Å². The summed E-state index contributed by atoms with van der Waals surface area (Å²) in [5.74, 6) is -1.12. The van der Waals surface area contributed by atoms with Crippen LogP contribution in [0.15, 0.2) is 0 Å². The zero-order valence-electron chi connectivity index (χ0n) is 17.3. The maximum Gasteiger partial charge on any atom is 0.307 e. The largest absolute Gasteiger partial charge is 0.481 e. The van der Waals surface area contributed by atoms with Gasteiger partial charge in [-0.2, -0.15) is 0 Å². The van der Waals surface area contributed by atoms with Crippen LogP contribution in [0.5, 0.6) is 0 Å². The fraction of sp³-hybridized carbons (Fsp3) is 0.909. The van der Waals surface area contributed by atoms with Gasteiger partial charge < -0.3 is 9.84 Å². The lowest BCUT2D eigenvalue weighted by atomic mass is 10.1. The van der Waals surface area contributed by atoms with Crippen LogP contribution in [0.25, 0.3) is 0 Å². The topological polar surface area (TPSA) is 63.6 Å². The first-order valence-corrected chi connectivity index (χ1v) is 11.0. The van der Waals surface area contributed by atoms with Gasteiger partial charge in [-0.1, -0.05) is 90.9 Å². The van der Waals surface area contributed by atoms with E-state index in [4.69, 9.17) is 9.84 Å². The van der Waals surface area contributed by atoms with Gasteiger partial charge in [0, 0.05) is 6.42 Å². The Kier molecular flexibility index (Phi) is 18.0. The van der Waals surface area contributed by atoms with Gasteiger partial charge >= 0.3 is 11.9 Å². The number of carboxylic acid groups (broad SMARTS) is 1. The molecule has 1 N–H and O–H groups in total. The Morgan fingerprint density at radius 2 is 1.19 bits per heavy atom. The zero-order chi connectivity index (χ0) is 19.5. The molecule has 0 rings (SSSR count). The molecule has 0 heterocycles. The number of esters is 1. The van der Waals surface area contributed by atoms with E-state index in [2.05, 4.69) is 13.8 Å². The van der Waals surface area contributed by atoms with Crippen LogP contribution in [0.4, 0.5) is 0 Å². The monoisotopic (exact) mass is 370 g/mol. The highest BCUT2D eigenvalue weighted by Gasteiger charge is 2.17. The molecule has 154 valence electrons. The molecule has 0 unspecified atom stereocenters. The van der Waals surface area contributed by atoms with Crippen molar-refractivity contribution in [2.75, 3.05) is 0 Å². The summed E-state index contributed by atoms with van der Waals surface area (Å²) in [5, 5.41) is 9.00. The second-order valence-corrected chi connectivity index (χ2v) is 7.49. The van der Waals surface area contributed by atoms with Gasteiger partial charge in [-0.05, 0) is 19.3 Å². The van der Waals surface area contributed by atoms with Crippen molar-refractivity contribution < 1.29 is 19.4 Å². The minimum absolute atomic E-state index is 0.0721. The second-order valence-electron chi connectivity index (χ2n) is 7.49. The lowest BCUT2D eigenvalue weighted by molar-refractivity contribution is -0.153. The fourth-order valence-corrected chi connectivity index (χ4v) is 3.20. The highest BCUT2D eigenvalue weighted by Crippen LogP contribution is 2.15. The molecule has 0 aliphatic heterocycles. The number of hydrogen-bond acceptors (Lipinski definition) is 3. The number of rotatable bonds is 19. The lowest BCUT2D eigenvalue weighted by Gasteiger charge is -2.16. The molecule has 0 saturated carbocycles. The first-order chi connectivity index (χ1) is 12.6. The summed E-state index contributed by atoms with van der Waals surface area (Å²) in [7, 11) is 0. The average Bonchev–Trinajstić information content (AvgIpc) is 2.59. The van der Waals surface area contributed by atoms with Crippen molar-refractivity contribution >= 4 is 11.9 Å². The summed E-state index contributed by atoms with van der Waals surface area (Å²) >= 11 is 0. The first kappa shape index (κ1) is 24.9. The molecule has 0 fully saturated rings. The van der Waals surface area contributed by atoms with Crippen LogP contribution < -0.4 is 0 Å². The number of carbonyl (C=O) groups excluding carboxylic acids is 1. The molecule has 0 bridgehead atoms. The maximum absolute atomic E-state index is 12.0. The van der Waals surface area contributed by atoms with Crippen molar-refractivity contribution in [3.05, 3.63) is 0 Å². The maximum atomic E-state index is 12.0. The van der Waals surface area contributed by atoms with E-state index >= 15 is 0 Å². The lowest BCUT2D eigenvalue weighted by Crippen LogP contribution is -2.21. The van der Waals surface area contributed by atoms with Crippen LogP contribution in [-0.4, -0.2) is 23.1 Å².